The van der Waals surface area contributed by atoms with Crippen molar-refractivity contribution in [1.82, 2.24) is 10.6 Å². The van der Waals surface area contributed by atoms with E-state index in [9.17, 15) is 9.59 Å². The van der Waals surface area contributed by atoms with E-state index in [-0.39, 0.29) is 11.8 Å². The molecule has 0 aliphatic heterocycles. The van der Waals surface area contributed by atoms with E-state index in [0.717, 1.165) is 31.6 Å². The summed E-state index contributed by atoms with van der Waals surface area (Å²) in [5, 5.41) is 6.20. The monoisotopic (exact) mass is 328 g/mol. The minimum absolute atomic E-state index is 0.0303. The van der Waals surface area contributed by atoms with Crippen LogP contribution < -0.4 is 10.6 Å². The van der Waals surface area contributed by atoms with Crippen LogP contribution in [0.3, 0.4) is 0 Å². The van der Waals surface area contributed by atoms with Gasteiger partial charge in [0.1, 0.15) is 0 Å². The molecule has 2 N–H and O–H groups in total. The Morgan fingerprint density at radius 2 is 1.17 bits per heavy atom. The topological polar surface area (TPSA) is 58.2 Å². The minimum Gasteiger partial charge on any atom is -0.349 e. The van der Waals surface area contributed by atoms with E-state index >= 15 is 0 Å². The number of nitrogens with one attached hydrogen (secondary N) is 2. The molecule has 0 bridgehead atoms. The molecule has 1 aromatic carbocycles. The zero-order valence-electron chi connectivity index (χ0n) is 14.5. The third-order valence-electron chi connectivity index (χ3n) is 5.45. The van der Waals surface area contributed by atoms with Crippen molar-refractivity contribution in [2.45, 2.75) is 70.4 Å². The third kappa shape index (κ3) is 4.37. The number of hydrogen-bond acceptors (Lipinski definition) is 2. The van der Waals surface area contributed by atoms with Crippen molar-refractivity contribution < 1.29 is 9.59 Å². The third-order valence-corrected chi connectivity index (χ3v) is 5.45. The van der Waals surface area contributed by atoms with Gasteiger partial charge in [0.2, 0.25) is 0 Å². The summed E-state index contributed by atoms with van der Waals surface area (Å²) in [7, 11) is 0. The van der Waals surface area contributed by atoms with Gasteiger partial charge in [0, 0.05) is 23.2 Å². The predicted octanol–water partition coefficient (Wildman–Crippen LogP) is 3.67. The Bertz CT molecular complexity index is 568. The molecule has 24 heavy (non-hydrogen) atoms. The SMILES string of the molecule is CC1CCC(NC(=O)c2ccc(C(=O)NC3CCCC3)cc2)CC1. The van der Waals surface area contributed by atoms with Crippen molar-refractivity contribution in [2.24, 2.45) is 5.92 Å². The highest BCUT2D eigenvalue weighted by Gasteiger charge is 2.21. The maximum Gasteiger partial charge on any atom is 0.251 e. The smallest absolute Gasteiger partial charge is 0.251 e. The molecule has 4 nitrogen and oxygen atoms in total. The number of carbonyl (C=O) groups excluding carboxylic acids is 2. The van der Waals surface area contributed by atoms with E-state index in [2.05, 4.69) is 17.6 Å². The van der Waals surface area contributed by atoms with Crippen molar-refractivity contribution in [3.8, 4) is 0 Å². The number of amides is 2. The van der Waals surface area contributed by atoms with Crippen molar-refractivity contribution in [3.05, 3.63) is 35.4 Å². The Kier molecular flexibility index (Phi) is 5.54. The zero-order chi connectivity index (χ0) is 16.9. The largest absolute Gasteiger partial charge is 0.349 e. The van der Waals surface area contributed by atoms with Gasteiger partial charge in [0.05, 0.1) is 0 Å². The lowest BCUT2D eigenvalue weighted by atomic mass is 9.87. The second-order valence-electron chi connectivity index (χ2n) is 7.46. The molecule has 0 saturated heterocycles. The van der Waals surface area contributed by atoms with Crippen LogP contribution in [0.4, 0.5) is 0 Å². The van der Waals surface area contributed by atoms with Gasteiger partial charge in [-0.15, -0.1) is 0 Å². The van der Waals surface area contributed by atoms with Crippen LogP contribution in [0.5, 0.6) is 0 Å². The van der Waals surface area contributed by atoms with Gasteiger partial charge in [-0.1, -0.05) is 19.8 Å². The normalized spacial score (nSPS) is 24.5. The molecule has 0 atom stereocenters. The maximum absolute atomic E-state index is 12.3. The summed E-state index contributed by atoms with van der Waals surface area (Å²) in [5.74, 6) is 0.711. The van der Waals surface area contributed by atoms with E-state index in [1.165, 1.54) is 25.7 Å². The van der Waals surface area contributed by atoms with E-state index in [0.29, 0.717) is 23.2 Å². The minimum atomic E-state index is -0.0323. The molecule has 4 heteroatoms. The van der Waals surface area contributed by atoms with Gasteiger partial charge in [0.15, 0.2) is 0 Å². The molecule has 3 rings (SSSR count). The molecule has 0 heterocycles. The standard InChI is InChI=1S/C20H28N2O2/c1-14-6-12-18(13-7-14)22-20(24)16-10-8-15(9-11-16)19(23)21-17-4-2-3-5-17/h8-11,14,17-18H,2-7,12-13H2,1H3,(H,21,23)(H,22,24). The summed E-state index contributed by atoms with van der Waals surface area (Å²) < 4.78 is 0. The summed E-state index contributed by atoms with van der Waals surface area (Å²) in [5.41, 5.74) is 1.26. The van der Waals surface area contributed by atoms with Gasteiger partial charge in [-0.25, -0.2) is 0 Å². The molecule has 2 aliphatic rings. The van der Waals surface area contributed by atoms with E-state index in [4.69, 9.17) is 0 Å². The Morgan fingerprint density at radius 3 is 1.62 bits per heavy atom. The first-order valence-electron chi connectivity index (χ1n) is 9.33. The van der Waals surface area contributed by atoms with Crippen molar-refractivity contribution in [3.63, 3.8) is 0 Å². The first-order chi connectivity index (χ1) is 11.6. The summed E-state index contributed by atoms with van der Waals surface area (Å²) in [6, 6.07) is 7.62. The van der Waals surface area contributed by atoms with Crippen LogP contribution in [0.25, 0.3) is 0 Å². The molecule has 0 unspecified atom stereocenters. The average Bonchev–Trinajstić information content (AvgIpc) is 3.10. The number of carbonyl (C=O) groups is 2. The average molecular weight is 328 g/mol. The predicted molar refractivity (Wildman–Crippen MR) is 95.1 cm³/mol. The molecule has 2 fully saturated rings. The van der Waals surface area contributed by atoms with Crippen molar-refractivity contribution in [2.75, 3.05) is 0 Å². The number of hydrogen-bond donors (Lipinski definition) is 2. The summed E-state index contributed by atoms with van der Waals surface area (Å²) >= 11 is 0. The Morgan fingerprint density at radius 1 is 0.750 bits per heavy atom. The molecular weight excluding hydrogens is 300 g/mol. The summed E-state index contributed by atoms with van der Waals surface area (Å²) in [4.78, 5) is 24.6. The summed E-state index contributed by atoms with van der Waals surface area (Å²) in [6.07, 6.45) is 9.05. The van der Waals surface area contributed by atoms with Crippen LogP contribution in [-0.4, -0.2) is 23.9 Å². The van der Waals surface area contributed by atoms with E-state index in [1.54, 1.807) is 24.3 Å². The molecule has 0 aromatic heterocycles. The molecule has 2 saturated carbocycles. The first kappa shape index (κ1) is 17.0. The van der Waals surface area contributed by atoms with Crippen LogP contribution in [-0.2, 0) is 0 Å². The van der Waals surface area contributed by atoms with Gasteiger partial charge in [-0.3, -0.25) is 9.59 Å². The van der Waals surface area contributed by atoms with E-state index < -0.39 is 0 Å². The first-order valence-corrected chi connectivity index (χ1v) is 9.33. The van der Waals surface area contributed by atoms with E-state index in [1.807, 2.05) is 0 Å². The van der Waals surface area contributed by atoms with Gasteiger partial charge in [0.25, 0.3) is 11.8 Å². The quantitative estimate of drug-likeness (QED) is 0.886. The van der Waals surface area contributed by atoms with Gasteiger partial charge >= 0.3 is 0 Å². The fourth-order valence-electron chi connectivity index (χ4n) is 3.79. The molecule has 0 spiro atoms. The van der Waals surface area contributed by atoms with Gasteiger partial charge in [-0.05, 0) is 68.7 Å². The Balaban J connectivity index is 1.53. The lowest BCUT2D eigenvalue weighted by molar-refractivity contribution is 0.0916. The van der Waals surface area contributed by atoms with Crippen LogP contribution in [0.2, 0.25) is 0 Å². The van der Waals surface area contributed by atoms with Gasteiger partial charge < -0.3 is 10.6 Å². The van der Waals surface area contributed by atoms with Crippen LogP contribution in [0, 0.1) is 5.92 Å². The Hall–Kier alpha value is -1.84. The molecule has 0 radical (unpaired) electrons. The second kappa shape index (κ2) is 7.82. The number of rotatable bonds is 4. The second-order valence-corrected chi connectivity index (χ2v) is 7.46. The van der Waals surface area contributed by atoms with Crippen molar-refractivity contribution in [1.29, 1.82) is 0 Å². The summed E-state index contributed by atoms with van der Waals surface area (Å²) in [6.45, 7) is 2.27. The molecule has 1 aromatic rings. The van der Waals surface area contributed by atoms with Crippen LogP contribution in [0.15, 0.2) is 24.3 Å². The maximum atomic E-state index is 12.3. The van der Waals surface area contributed by atoms with Crippen molar-refractivity contribution >= 4 is 11.8 Å². The fourth-order valence-corrected chi connectivity index (χ4v) is 3.79. The molecule has 2 aliphatic carbocycles. The fraction of sp³-hybridized carbons (Fsp3) is 0.600. The number of benzene rings is 1. The highest BCUT2D eigenvalue weighted by Crippen LogP contribution is 2.23. The van der Waals surface area contributed by atoms with Gasteiger partial charge in [-0.2, -0.15) is 0 Å². The van der Waals surface area contributed by atoms with Crippen LogP contribution >= 0.6 is 0 Å². The molecule has 2 amide bonds. The molecule has 130 valence electrons. The lowest BCUT2D eigenvalue weighted by Gasteiger charge is -2.26. The lowest BCUT2D eigenvalue weighted by Crippen LogP contribution is -2.37. The van der Waals surface area contributed by atoms with Crippen LogP contribution in [0.1, 0.15) is 79.0 Å². The Labute approximate surface area is 144 Å². The molecular formula is C20H28N2O2. The highest BCUT2D eigenvalue weighted by molar-refractivity contribution is 5.98. The highest BCUT2D eigenvalue weighted by atomic mass is 16.2. The zero-order valence-corrected chi connectivity index (χ0v) is 14.5.